The van der Waals surface area contributed by atoms with Crippen LogP contribution in [-0.2, 0) is 19.1 Å². The molecular weight excluding hydrogens is 332 g/mol. The van der Waals surface area contributed by atoms with E-state index in [1.165, 1.54) is 0 Å². The number of carbonyl (C=O) groups is 2. The number of aldehydes is 1. The van der Waals surface area contributed by atoms with Crippen molar-refractivity contribution in [3.8, 4) is 0 Å². The number of carboxylic acid groups (broad SMARTS) is 1. The third kappa shape index (κ3) is 8.63. The number of ether oxygens (including phenoxy) is 2. The highest BCUT2D eigenvalue weighted by molar-refractivity contribution is 5.78. The molecule has 0 heterocycles. The summed E-state index contributed by atoms with van der Waals surface area (Å²) in [6.07, 6.45) is -1.02. The zero-order valence-corrected chi connectivity index (χ0v) is 18.4. The minimum atomic E-state index is -1.30. The predicted molar refractivity (Wildman–Crippen MR) is 104 cm³/mol. The Balaban J connectivity index is 5.05. The first kappa shape index (κ1) is 25.1. The van der Waals surface area contributed by atoms with E-state index in [-0.39, 0.29) is 34.9 Å². The van der Waals surface area contributed by atoms with Gasteiger partial charge in [0, 0.05) is 0 Å². The summed E-state index contributed by atoms with van der Waals surface area (Å²) in [5, 5.41) is 9.53. The molecule has 0 aromatic heterocycles. The molecule has 0 aliphatic rings. The minimum absolute atomic E-state index is 0.0469. The lowest BCUT2D eigenvalue weighted by Crippen LogP contribution is -2.44. The predicted octanol–water partition coefficient (Wildman–Crippen LogP) is 4.58. The second-order valence-corrected chi connectivity index (χ2v) is 11.0. The van der Waals surface area contributed by atoms with Gasteiger partial charge < -0.3 is 19.4 Å². The summed E-state index contributed by atoms with van der Waals surface area (Å²) in [5.41, 5.74) is -0.371. The summed E-state index contributed by atoms with van der Waals surface area (Å²) in [6, 6.07) is 0. The van der Waals surface area contributed by atoms with Crippen molar-refractivity contribution in [2.75, 3.05) is 13.2 Å². The van der Waals surface area contributed by atoms with Gasteiger partial charge in [-0.1, -0.05) is 69.2 Å². The average molecular weight is 373 g/mol. The molecule has 0 saturated carbocycles. The first-order valence-corrected chi connectivity index (χ1v) is 9.33. The molecule has 2 atom stereocenters. The van der Waals surface area contributed by atoms with Crippen molar-refractivity contribution >= 4 is 12.3 Å². The first-order chi connectivity index (χ1) is 11.4. The van der Waals surface area contributed by atoms with Crippen molar-refractivity contribution in [3.63, 3.8) is 0 Å². The number of hydrogen-bond donors (Lipinski definition) is 1. The molecule has 0 aromatic rings. The lowest BCUT2D eigenvalue weighted by Gasteiger charge is -2.39. The van der Waals surface area contributed by atoms with Crippen LogP contribution < -0.4 is 0 Å². The fourth-order valence-corrected chi connectivity index (χ4v) is 2.83. The van der Waals surface area contributed by atoms with Gasteiger partial charge in [0.2, 0.25) is 0 Å². The van der Waals surface area contributed by atoms with Crippen LogP contribution in [0.2, 0.25) is 0 Å². The van der Waals surface area contributed by atoms with Gasteiger partial charge in [-0.25, -0.2) is 4.79 Å². The van der Waals surface area contributed by atoms with Crippen molar-refractivity contribution in [3.05, 3.63) is 0 Å². The Morgan fingerprint density at radius 3 is 1.77 bits per heavy atom. The van der Waals surface area contributed by atoms with Crippen molar-refractivity contribution in [2.24, 2.45) is 21.7 Å². The van der Waals surface area contributed by atoms with Crippen molar-refractivity contribution in [2.45, 2.75) is 87.9 Å². The molecule has 0 fully saturated rings. The van der Waals surface area contributed by atoms with E-state index in [1.54, 1.807) is 0 Å². The Morgan fingerprint density at radius 2 is 1.42 bits per heavy atom. The summed E-state index contributed by atoms with van der Waals surface area (Å²) < 4.78 is 11.4. The average Bonchev–Trinajstić information content (AvgIpc) is 2.37. The molecular formula is C21H40O5. The maximum atomic E-state index is 11.7. The summed E-state index contributed by atoms with van der Waals surface area (Å²) in [5.74, 6) is -1.18. The van der Waals surface area contributed by atoms with Crippen LogP contribution in [0, 0.1) is 21.7 Å². The molecule has 1 N–H and O–H groups in total. The van der Waals surface area contributed by atoms with E-state index in [0.29, 0.717) is 6.29 Å². The first-order valence-electron chi connectivity index (χ1n) is 9.33. The van der Waals surface area contributed by atoms with Crippen LogP contribution in [0.5, 0.6) is 0 Å². The molecule has 2 unspecified atom stereocenters. The van der Waals surface area contributed by atoms with Crippen LogP contribution in [0.3, 0.4) is 0 Å². The van der Waals surface area contributed by atoms with Crippen LogP contribution in [0.15, 0.2) is 0 Å². The third-order valence-corrected chi connectivity index (χ3v) is 5.01. The summed E-state index contributed by atoms with van der Waals surface area (Å²) in [4.78, 5) is 23.2. The van der Waals surface area contributed by atoms with Gasteiger partial charge in [-0.2, -0.15) is 0 Å². The highest BCUT2D eigenvalue weighted by atomic mass is 16.6. The van der Waals surface area contributed by atoms with E-state index in [2.05, 4.69) is 41.5 Å². The number of hydrogen-bond acceptors (Lipinski definition) is 4. The van der Waals surface area contributed by atoms with Gasteiger partial charge in [-0.15, -0.1) is 0 Å². The molecule has 0 bridgehead atoms. The van der Waals surface area contributed by atoms with Crippen molar-refractivity contribution in [1.82, 2.24) is 0 Å². The fourth-order valence-electron chi connectivity index (χ4n) is 2.83. The van der Waals surface area contributed by atoms with Crippen LogP contribution in [0.25, 0.3) is 0 Å². The molecule has 5 heteroatoms. The molecule has 0 spiro atoms. The monoisotopic (exact) mass is 372 g/mol. The summed E-state index contributed by atoms with van der Waals surface area (Å²) in [6.45, 7) is 21.4. The second kappa shape index (κ2) is 8.83. The molecule has 0 aromatic carbocycles. The van der Waals surface area contributed by atoms with Crippen LogP contribution in [0.1, 0.15) is 75.7 Å². The van der Waals surface area contributed by atoms with Crippen LogP contribution in [0.4, 0.5) is 0 Å². The Kier molecular flexibility index (Phi) is 8.51. The SMILES string of the molecule is CC(C)(C)CC(C)(C)COC(C(=O)O)C(C=O)OCC(C)(C)C(C)(C)C. The topological polar surface area (TPSA) is 72.8 Å². The van der Waals surface area contributed by atoms with Crippen LogP contribution in [-0.4, -0.2) is 42.8 Å². The van der Waals surface area contributed by atoms with Gasteiger partial charge in [0.1, 0.15) is 6.10 Å². The molecule has 0 aliphatic carbocycles. The molecule has 0 aliphatic heterocycles. The zero-order valence-electron chi connectivity index (χ0n) is 18.4. The van der Waals surface area contributed by atoms with E-state index in [1.807, 2.05) is 27.7 Å². The lowest BCUT2D eigenvalue weighted by molar-refractivity contribution is -0.171. The zero-order chi connectivity index (χ0) is 21.0. The maximum Gasteiger partial charge on any atom is 0.336 e. The fraction of sp³-hybridized carbons (Fsp3) is 0.905. The number of rotatable bonds is 10. The standard InChI is InChI=1S/C21H40O5/c1-18(2,3)12-20(7,8)13-26-16(17(23)24)15(11-22)25-14-21(9,10)19(4,5)6/h11,15-16H,12-14H2,1-10H3,(H,23,24). The highest BCUT2D eigenvalue weighted by Gasteiger charge is 2.37. The molecule has 26 heavy (non-hydrogen) atoms. The molecule has 0 saturated heterocycles. The number of carbonyl (C=O) groups excluding carboxylic acids is 1. The number of aliphatic carboxylic acids is 1. The molecule has 5 nitrogen and oxygen atoms in total. The van der Waals surface area contributed by atoms with Gasteiger partial charge in [-0.05, 0) is 28.1 Å². The molecule has 0 rings (SSSR count). The minimum Gasteiger partial charge on any atom is -0.479 e. The Morgan fingerprint density at radius 1 is 0.923 bits per heavy atom. The van der Waals surface area contributed by atoms with Crippen molar-refractivity contribution < 1.29 is 24.2 Å². The van der Waals surface area contributed by atoms with Crippen molar-refractivity contribution in [1.29, 1.82) is 0 Å². The Hall–Kier alpha value is -0.940. The molecule has 154 valence electrons. The highest BCUT2D eigenvalue weighted by Crippen LogP contribution is 2.38. The summed E-state index contributed by atoms with van der Waals surface area (Å²) in [7, 11) is 0. The van der Waals surface area contributed by atoms with E-state index >= 15 is 0 Å². The molecule has 0 amide bonds. The Labute approximate surface area is 159 Å². The van der Waals surface area contributed by atoms with Gasteiger partial charge in [0.05, 0.1) is 13.2 Å². The third-order valence-electron chi connectivity index (χ3n) is 5.01. The van der Waals surface area contributed by atoms with E-state index in [9.17, 15) is 14.7 Å². The van der Waals surface area contributed by atoms with E-state index in [4.69, 9.17) is 9.47 Å². The van der Waals surface area contributed by atoms with Gasteiger partial charge in [0.25, 0.3) is 0 Å². The second-order valence-electron chi connectivity index (χ2n) is 11.0. The van der Waals surface area contributed by atoms with Gasteiger partial charge in [0.15, 0.2) is 12.4 Å². The maximum absolute atomic E-state index is 11.7. The normalized spacial score (nSPS) is 16.2. The smallest absolute Gasteiger partial charge is 0.336 e. The lowest BCUT2D eigenvalue weighted by atomic mass is 9.70. The Bertz CT molecular complexity index is 466. The molecule has 0 radical (unpaired) electrons. The van der Waals surface area contributed by atoms with Gasteiger partial charge in [-0.3, -0.25) is 0 Å². The van der Waals surface area contributed by atoms with Crippen LogP contribution >= 0.6 is 0 Å². The van der Waals surface area contributed by atoms with E-state index in [0.717, 1.165) is 6.42 Å². The van der Waals surface area contributed by atoms with E-state index < -0.39 is 18.2 Å². The van der Waals surface area contributed by atoms with Gasteiger partial charge >= 0.3 is 5.97 Å². The quantitative estimate of drug-likeness (QED) is 0.568. The number of carboxylic acids is 1. The summed E-state index contributed by atoms with van der Waals surface area (Å²) >= 11 is 0. The largest absolute Gasteiger partial charge is 0.479 e.